The Hall–Kier alpha value is -2.52. The Bertz CT molecular complexity index is 825. The second-order valence-electron chi connectivity index (χ2n) is 6.22. The second-order valence-corrected chi connectivity index (χ2v) is 6.62. The first-order valence-corrected chi connectivity index (χ1v) is 8.62. The fraction of sp³-hybridized carbons (Fsp3) is 0.333. The van der Waals surface area contributed by atoms with E-state index in [0.29, 0.717) is 5.76 Å². The molecule has 0 aliphatic rings. The third kappa shape index (κ3) is 6.28. The van der Waals surface area contributed by atoms with E-state index in [0.717, 1.165) is 12.1 Å². The molecule has 1 aromatic carbocycles. The molecule has 1 atom stereocenters. The van der Waals surface area contributed by atoms with Crippen LogP contribution in [0.2, 0.25) is 5.02 Å². The highest BCUT2D eigenvalue weighted by Crippen LogP contribution is 2.36. The molecule has 0 radical (unpaired) electrons. The van der Waals surface area contributed by atoms with Gasteiger partial charge in [0.2, 0.25) is 11.8 Å². The average molecular weight is 418 g/mol. The van der Waals surface area contributed by atoms with Gasteiger partial charge in [0.1, 0.15) is 5.76 Å². The number of furan rings is 1. The van der Waals surface area contributed by atoms with Gasteiger partial charge in [-0.05, 0) is 44.3 Å². The molecule has 0 aliphatic carbocycles. The summed E-state index contributed by atoms with van der Waals surface area (Å²) in [4.78, 5) is 25.5. The molecule has 0 bridgehead atoms. The van der Waals surface area contributed by atoms with Crippen LogP contribution in [0.1, 0.15) is 24.3 Å². The van der Waals surface area contributed by atoms with Crippen LogP contribution in [0.4, 0.5) is 18.9 Å². The van der Waals surface area contributed by atoms with Crippen LogP contribution < -0.4 is 10.6 Å². The summed E-state index contributed by atoms with van der Waals surface area (Å²) in [6.07, 6.45) is -3.13. The number of nitrogens with zero attached hydrogens (tertiary/aromatic N) is 1. The standard InChI is InChI=1S/C18H19ClF3N3O3/c1-11(15-4-3-7-28-15)23-16(26)9-25(2)10-17(27)24-12-5-6-14(19)13(8-12)18(20,21)22/h3-8,11H,9-10H2,1-2H3,(H,23,26)(H,24,27). The van der Waals surface area contributed by atoms with Gasteiger partial charge in [0, 0.05) is 5.69 Å². The van der Waals surface area contributed by atoms with Crippen LogP contribution in [0.15, 0.2) is 41.0 Å². The Labute approximate surface area is 164 Å². The summed E-state index contributed by atoms with van der Waals surface area (Å²) in [6.45, 7) is 1.49. The lowest BCUT2D eigenvalue weighted by molar-refractivity contribution is -0.137. The fourth-order valence-corrected chi connectivity index (χ4v) is 2.69. The molecule has 1 aromatic heterocycles. The number of amides is 2. The Morgan fingerprint density at radius 2 is 1.89 bits per heavy atom. The average Bonchev–Trinajstić information content (AvgIpc) is 3.09. The summed E-state index contributed by atoms with van der Waals surface area (Å²) in [5, 5.41) is 4.63. The van der Waals surface area contributed by atoms with Crippen LogP contribution in [-0.4, -0.2) is 36.9 Å². The van der Waals surface area contributed by atoms with E-state index in [1.807, 2.05) is 0 Å². The zero-order chi connectivity index (χ0) is 20.9. The van der Waals surface area contributed by atoms with E-state index < -0.39 is 22.7 Å². The van der Waals surface area contributed by atoms with Crippen molar-refractivity contribution in [1.82, 2.24) is 10.2 Å². The molecule has 0 saturated heterocycles. The Morgan fingerprint density at radius 3 is 2.50 bits per heavy atom. The summed E-state index contributed by atoms with van der Waals surface area (Å²) in [5.74, 6) is -0.299. The van der Waals surface area contributed by atoms with Gasteiger partial charge in [0.25, 0.3) is 0 Å². The van der Waals surface area contributed by atoms with Crippen molar-refractivity contribution in [3.8, 4) is 0 Å². The third-order valence-electron chi connectivity index (χ3n) is 3.73. The summed E-state index contributed by atoms with van der Waals surface area (Å²) >= 11 is 5.55. The number of halogens is 4. The van der Waals surface area contributed by atoms with E-state index in [1.165, 1.54) is 17.2 Å². The number of rotatable bonds is 7. The number of nitrogens with one attached hydrogen (secondary N) is 2. The molecule has 10 heteroatoms. The van der Waals surface area contributed by atoms with Crippen molar-refractivity contribution >= 4 is 29.1 Å². The zero-order valence-corrected chi connectivity index (χ0v) is 15.9. The molecule has 152 valence electrons. The molecule has 0 aliphatic heterocycles. The maximum absolute atomic E-state index is 12.9. The second kappa shape index (κ2) is 9.11. The van der Waals surface area contributed by atoms with Crippen molar-refractivity contribution in [1.29, 1.82) is 0 Å². The van der Waals surface area contributed by atoms with Gasteiger partial charge in [-0.25, -0.2) is 0 Å². The van der Waals surface area contributed by atoms with Gasteiger partial charge in [0.15, 0.2) is 0 Å². The number of alkyl halides is 3. The number of hydrogen-bond donors (Lipinski definition) is 2. The number of hydrogen-bond acceptors (Lipinski definition) is 4. The topological polar surface area (TPSA) is 74.6 Å². The summed E-state index contributed by atoms with van der Waals surface area (Å²) in [6, 6.07) is 6.19. The van der Waals surface area contributed by atoms with Crippen LogP contribution in [0.25, 0.3) is 0 Å². The molecule has 2 N–H and O–H groups in total. The molecule has 0 saturated carbocycles. The van der Waals surface area contributed by atoms with Gasteiger partial charge in [-0.15, -0.1) is 0 Å². The predicted octanol–water partition coefficient (Wildman–Crippen LogP) is 3.70. The molecule has 1 heterocycles. The van der Waals surface area contributed by atoms with E-state index in [-0.39, 0.29) is 30.7 Å². The molecule has 2 aromatic rings. The van der Waals surface area contributed by atoms with Crippen molar-refractivity contribution < 1.29 is 27.2 Å². The maximum atomic E-state index is 12.9. The molecular formula is C18H19ClF3N3O3. The first-order chi connectivity index (χ1) is 13.1. The van der Waals surface area contributed by atoms with Crippen LogP contribution >= 0.6 is 11.6 Å². The van der Waals surface area contributed by atoms with Crippen molar-refractivity contribution in [3.63, 3.8) is 0 Å². The largest absolute Gasteiger partial charge is 0.467 e. The van der Waals surface area contributed by atoms with Crippen LogP contribution in [0.3, 0.4) is 0 Å². The first-order valence-electron chi connectivity index (χ1n) is 8.24. The molecular weight excluding hydrogens is 399 g/mol. The molecule has 0 spiro atoms. The Balaban J connectivity index is 1.86. The van der Waals surface area contributed by atoms with Crippen molar-refractivity contribution in [2.24, 2.45) is 0 Å². The summed E-state index contributed by atoms with van der Waals surface area (Å²) in [5.41, 5.74) is -1.07. The van der Waals surface area contributed by atoms with Gasteiger partial charge in [-0.3, -0.25) is 14.5 Å². The predicted molar refractivity (Wildman–Crippen MR) is 97.8 cm³/mol. The minimum Gasteiger partial charge on any atom is -0.467 e. The number of likely N-dealkylation sites (N-methyl/N-ethyl adjacent to an activating group) is 1. The van der Waals surface area contributed by atoms with E-state index in [4.69, 9.17) is 16.0 Å². The third-order valence-corrected chi connectivity index (χ3v) is 4.06. The zero-order valence-electron chi connectivity index (χ0n) is 15.1. The number of benzene rings is 1. The lowest BCUT2D eigenvalue weighted by Gasteiger charge is -2.18. The van der Waals surface area contributed by atoms with E-state index in [1.54, 1.807) is 26.1 Å². The Kier molecular flexibility index (Phi) is 7.09. The highest BCUT2D eigenvalue weighted by molar-refractivity contribution is 6.31. The number of carbonyl (C=O) groups is 2. The Morgan fingerprint density at radius 1 is 1.21 bits per heavy atom. The van der Waals surface area contributed by atoms with Gasteiger partial charge in [0.05, 0.1) is 36.0 Å². The van der Waals surface area contributed by atoms with Gasteiger partial charge < -0.3 is 15.1 Å². The SMILES string of the molecule is CC(NC(=O)CN(C)CC(=O)Nc1ccc(Cl)c(C(F)(F)F)c1)c1ccco1. The lowest BCUT2D eigenvalue weighted by Crippen LogP contribution is -2.39. The molecule has 28 heavy (non-hydrogen) atoms. The smallest absolute Gasteiger partial charge is 0.417 e. The maximum Gasteiger partial charge on any atom is 0.417 e. The molecule has 1 unspecified atom stereocenters. The highest BCUT2D eigenvalue weighted by Gasteiger charge is 2.33. The van der Waals surface area contributed by atoms with Crippen molar-refractivity contribution in [2.45, 2.75) is 19.1 Å². The highest BCUT2D eigenvalue weighted by atomic mass is 35.5. The molecule has 0 fully saturated rings. The van der Waals surface area contributed by atoms with Crippen LogP contribution in [-0.2, 0) is 15.8 Å². The lowest BCUT2D eigenvalue weighted by atomic mass is 10.2. The number of carbonyl (C=O) groups excluding carboxylic acids is 2. The van der Waals surface area contributed by atoms with E-state index >= 15 is 0 Å². The van der Waals surface area contributed by atoms with Crippen LogP contribution in [0.5, 0.6) is 0 Å². The minimum absolute atomic E-state index is 0.0361. The van der Waals surface area contributed by atoms with Gasteiger partial charge in [-0.2, -0.15) is 13.2 Å². The van der Waals surface area contributed by atoms with Crippen molar-refractivity contribution in [3.05, 3.63) is 52.9 Å². The molecule has 2 amide bonds. The first kappa shape index (κ1) is 21.8. The minimum atomic E-state index is -4.63. The van der Waals surface area contributed by atoms with Crippen LogP contribution in [0, 0.1) is 0 Å². The van der Waals surface area contributed by atoms with Gasteiger partial charge in [-0.1, -0.05) is 11.6 Å². The van der Waals surface area contributed by atoms with Crippen molar-refractivity contribution in [2.75, 3.05) is 25.5 Å². The van der Waals surface area contributed by atoms with E-state index in [2.05, 4.69) is 10.6 Å². The van der Waals surface area contributed by atoms with E-state index in [9.17, 15) is 22.8 Å². The monoisotopic (exact) mass is 417 g/mol. The van der Waals surface area contributed by atoms with Gasteiger partial charge >= 0.3 is 6.18 Å². The number of anilines is 1. The summed E-state index contributed by atoms with van der Waals surface area (Å²) in [7, 11) is 1.54. The summed E-state index contributed by atoms with van der Waals surface area (Å²) < 4.78 is 43.8. The quantitative estimate of drug-likeness (QED) is 0.720. The fourth-order valence-electron chi connectivity index (χ4n) is 2.46. The molecule has 6 nitrogen and oxygen atoms in total. The molecule has 2 rings (SSSR count). The normalized spacial score (nSPS) is 12.7.